The fraction of sp³-hybridized carbons (Fsp3) is 0.452. The number of halogens is 4. The van der Waals surface area contributed by atoms with Crippen molar-refractivity contribution >= 4 is 28.7 Å². The topological polar surface area (TPSA) is 95.9 Å². The number of aromatic nitrogens is 1. The van der Waals surface area contributed by atoms with Gasteiger partial charge in [0.05, 0.1) is 6.04 Å². The standard InChI is InChI=1S/C42H49F4N5O4/c1-47-40(53)12-10-33(27-52)48-32-9-11-34(38(43)24-32)29-16-21-50(22-17-29)18-13-28-14-19-51(20-15-28)25-31-8-7-30(23-39(31)55-42(44,45)46)37-26-49(2)41(54)36-6-4-3-5-35(36)37/h3-9,11,23-24,26-29,33,48H,10,12-22,25H2,1-2H3,(H,47,53). The van der Waals surface area contributed by atoms with Crippen molar-refractivity contribution in [3.05, 3.63) is 94.2 Å². The number of aryl methyl sites for hydroxylation is 1. The maximum atomic E-state index is 15.2. The number of amides is 1. The molecule has 4 aromatic rings. The van der Waals surface area contributed by atoms with Gasteiger partial charge in [0, 0.05) is 55.5 Å². The maximum absolute atomic E-state index is 15.2. The third-order valence-electron chi connectivity index (χ3n) is 11.2. The van der Waals surface area contributed by atoms with Crippen LogP contribution in [-0.2, 0) is 23.2 Å². The van der Waals surface area contributed by atoms with Crippen LogP contribution in [0, 0.1) is 11.7 Å². The Hall–Kier alpha value is -4.75. The molecule has 0 spiro atoms. The summed E-state index contributed by atoms with van der Waals surface area (Å²) < 4.78 is 62.0. The highest BCUT2D eigenvalue weighted by Gasteiger charge is 2.33. The zero-order valence-corrected chi connectivity index (χ0v) is 31.3. The first kappa shape index (κ1) is 39.9. The number of ether oxygens (including phenoxy) is 1. The normalized spacial score (nSPS) is 16.9. The number of nitrogens with one attached hydrogen (secondary N) is 2. The van der Waals surface area contributed by atoms with E-state index < -0.39 is 12.4 Å². The highest BCUT2D eigenvalue weighted by molar-refractivity contribution is 5.96. The number of nitrogens with zero attached hydrogens (tertiary/aromatic N) is 3. The minimum Gasteiger partial charge on any atom is -0.405 e. The van der Waals surface area contributed by atoms with Crippen molar-refractivity contribution in [2.24, 2.45) is 13.0 Å². The van der Waals surface area contributed by atoms with E-state index in [-0.39, 0.29) is 35.4 Å². The van der Waals surface area contributed by atoms with Crippen LogP contribution in [0.15, 0.2) is 71.7 Å². The number of hydrogen-bond donors (Lipinski definition) is 2. The van der Waals surface area contributed by atoms with Gasteiger partial charge in [0.2, 0.25) is 5.91 Å². The average Bonchev–Trinajstić information content (AvgIpc) is 3.18. The Morgan fingerprint density at radius 2 is 1.67 bits per heavy atom. The van der Waals surface area contributed by atoms with Crippen molar-refractivity contribution in [1.29, 1.82) is 0 Å². The number of piperidine rings is 2. The predicted molar refractivity (Wildman–Crippen MR) is 206 cm³/mol. The van der Waals surface area contributed by atoms with E-state index in [4.69, 9.17) is 0 Å². The van der Waals surface area contributed by atoms with Gasteiger partial charge in [-0.2, -0.15) is 0 Å². The minimum absolute atomic E-state index is 0.115. The first-order valence-electron chi connectivity index (χ1n) is 19.0. The van der Waals surface area contributed by atoms with Crippen LogP contribution in [0.3, 0.4) is 0 Å². The molecule has 13 heteroatoms. The molecule has 1 aromatic heterocycles. The smallest absolute Gasteiger partial charge is 0.405 e. The van der Waals surface area contributed by atoms with Crippen LogP contribution in [-0.4, -0.2) is 78.7 Å². The molecule has 1 unspecified atom stereocenters. The quantitative estimate of drug-likeness (QED) is 0.103. The number of aldehydes is 1. The fourth-order valence-electron chi connectivity index (χ4n) is 7.97. The Bertz CT molecular complexity index is 2020. The second kappa shape index (κ2) is 17.8. The van der Waals surface area contributed by atoms with E-state index in [0.717, 1.165) is 71.1 Å². The summed E-state index contributed by atoms with van der Waals surface area (Å²) in [5.41, 5.74) is 2.67. The Labute approximate surface area is 318 Å². The van der Waals surface area contributed by atoms with E-state index in [9.17, 15) is 27.6 Å². The summed E-state index contributed by atoms with van der Waals surface area (Å²) in [6.07, 6.45) is 2.70. The van der Waals surface area contributed by atoms with E-state index in [1.54, 1.807) is 68.8 Å². The maximum Gasteiger partial charge on any atom is 0.573 e. The number of hydrogen-bond acceptors (Lipinski definition) is 7. The molecule has 0 radical (unpaired) electrons. The van der Waals surface area contributed by atoms with Crippen molar-refractivity contribution in [1.82, 2.24) is 19.7 Å². The second-order valence-electron chi connectivity index (χ2n) is 14.8. The molecule has 2 saturated heterocycles. The molecule has 1 atom stereocenters. The molecule has 55 heavy (non-hydrogen) atoms. The van der Waals surface area contributed by atoms with Gasteiger partial charge in [-0.05, 0) is 124 Å². The van der Waals surface area contributed by atoms with Crippen molar-refractivity contribution in [2.45, 2.75) is 69.8 Å². The van der Waals surface area contributed by atoms with Gasteiger partial charge in [-0.15, -0.1) is 13.2 Å². The average molecular weight is 764 g/mol. The Balaban J connectivity index is 0.986. The molecule has 0 saturated carbocycles. The summed E-state index contributed by atoms with van der Waals surface area (Å²) in [5, 5.41) is 6.71. The molecule has 3 aromatic carbocycles. The minimum atomic E-state index is -4.85. The summed E-state index contributed by atoms with van der Waals surface area (Å²) in [7, 11) is 3.17. The number of benzene rings is 3. The largest absolute Gasteiger partial charge is 0.573 e. The first-order valence-corrected chi connectivity index (χ1v) is 19.0. The number of carbonyl (C=O) groups excluding carboxylic acids is 2. The van der Waals surface area contributed by atoms with Gasteiger partial charge >= 0.3 is 6.36 Å². The number of rotatable bonds is 14. The zero-order chi connectivity index (χ0) is 39.1. The van der Waals surface area contributed by atoms with Gasteiger partial charge < -0.3 is 29.6 Å². The molecule has 6 rings (SSSR count). The lowest BCUT2D eigenvalue weighted by atomic mass is 9.88. The molecule has 0 bridgehead atoms. The first-order chi connectivity index (χ1) is 26.4. The lowest BCUT2D eigenvalue weighted by Gasteiger charge is -2.35. The molecular weight excluding hydrogens is 714 g/mol. The van der Waals surface area contributed by atoms with Crippen LogP contribution in [0.25, 0.3) is 21.9 Å². The van der Waals surface area contributed by atoms with Gasteiger partial charge in [-0.1, -0.05) is 36.4 Å². The lowest BCUT2D eigenvalue weighted by molar-refractivity contribution is -0.275. The lowest BCUT2D eigenvalue weighted by Crippen LogP contribution is -2.37. The predicted octanol–water partition coefficient (Wildman–Crippen LogP) is 7.23. The van der Waals surface area contributed by atoms with Gasteiger partial charge in [-0.3, -0.25) is 14.5 Å². The van der Waals surface area contributed by atoms with Crippen LogP contribution in [0.5, 0.6) is 5.75 Å². The molecule has 2 fully saturated rings. The molecule has 2 aliphatic rings. The van der Waals surface area contributed by atoms with E-state index in [2.05, 4.69) is 25.2 Å². The molecule has 294 valence electrons. The highest BCUT2D eigenvalue weighted by Crippen LogP contribution is 2.36. The van der Waals surface area contributed by atoms with Crippen LogP contribution < -0.4 is 20.9 Å². The number of fused-ring (bicyclic) bond motifs is 1. The van der Waals surface area contributed by atoms with E-state index >= 15 is 4.39 Å². The van der Waals surface area contributed by atoms with Crippen LogP contribution in [0.2, 0.25) is 0 Å². The van der Waals surface area contributed by atoms with Crippen molar-refractivity contribution in [3.63, 3.8) is 0 Å². The molecule has 0 aliphatic carbocycles. The molecule has 3 heterocycles. The second-order valence-corrected chi connectivity index (χ2v) is 14.8. The van der Waals surface area contributed by atoms with Gasteiger partial charge in [0.15, 0.2) is 0 Å². The summed E-state index contributed by atoms with van der Waals surface area (Å²) in [4.78, 5) is 40.3. The number of anilines is 1. The zero-order valence-electron chi connectivity index (χ0n) is 31.3. The fourth-order valence-corrected chi connectivity index (χ4v) is 7.97. The Morgan fingerprint density at radius 3 is 2.35 bits per heavy atom. The monoisotopic (exact) mass is 763 g/mol. The Morgan fingerprint density at radius 1 is 0.964 bits per heavy atom. The highest BCUT2D eigenvalue weighted by atomic mass is 19.4. The van der Waals surface area contributed by atoms with Crippen LogP contribution in [0.4, 0.5) is 23.2 Å². The molecule has 2 N–H and O–H groups in total. The van der Waals surface area contributed by atoms with Crippen molar-refractivity contribution in [2.75, 3.05) is 45.1 Å². The van der Waals surface area contributed by atoms with Gasteiger partial charge in [0.1, 0.15) is 17.9 Å². The van der Waals surface area contributed by atoms with Gasteiger partial charge in [-0.25, -0.2) is 4.39 Å². The van der Waals surface area contributed by atoms with E-state index in [1.807, 2.05) is 0 Å². The molecule has 1 amide bonds. The SMILES string of the molecule is CNC(=O)CCC(C=O)Nc1ccc(C2CCN(CCC3CCN(Cc4ccc(-c5cn(C)c(=O)c6ccccc56)cc4OC(F)(F)F)CC3)CC2)c(F)c1. The van der Waals surface area contributed by atoms with Gasteiger partial charge in [0.25, 0.3) is 5.56 Å². The Kier molecular flexibility index (Phi) is 12.9. The van der Waals surface area contributed by atoms with E-state index in [1.165, 1.54) is 16.7 Å². The number of alkyl halides is 3. The summed E-state index contributed by atoms with van der Waals surface area (Å²) in [6.45, 7) is 4.60. The molecule has 2 aliphatic heterocycles. The third kappa shape index (κ3) is 10.3. The van der Waals surface area contributed by atoms with E-state index in [0.29, 0.717) is 57.6 Å². The van der Waals surface area contributed by atoms with Crippen LogP contribution in [0.1, 0.15) is 62.0 Å². The summed E-state index contributed by atoms with van der Waals surface area (Å²) >= 11 is 0. The number of likely N-dealkylation sites (tertiary alicyclic amines) is 2. The number of pyridine rings is 1. The molecular formula is C42H49F4N5O4. The van der Waals surface area contributed by atoms with Crippen molar-refractivity contribution in [3.8, 4) is 16.9 Å². The third-order valence-corrected chi connectivity index (χ3v) is 11.2. The molecule has 9 nitrogen and oxygen atoms in total. The summed E-state index contributed by atoms with van der Waals surface area (Å²) in [5.74, 6) is -0.0517. The van der Waals surface area contributed by atoms with Crippen molar-refractivity contribution < 1.29 is 31.9 Å². The number of carbonyl (C=O) groups is 2. The van der Waals surface area contributed by atoms with Crippen LogP contribution >= 0.6 is 0 Å². The summed E-state index contributed by atoms with van der Waals surface area (Å²) in [6, 6.07) is 16.4.